The fourth-order valence-corrected chi connectivity index (χ4v) is 4.06. The molecule has 2 N–H and O–H groups in total. The van der Waals surface area contributed by atoms with Crippen LogP contribution >= 0.6 is 12.4 Å². The number of pyridine rings is 1. The molecule has 128 valence electrons. The first kappa shape index (κ1) is 18.1. The summed E-state index contributed by atoms with van der Waals surface area (Å²) in [6.45, 7) is 4.85. The number of sulfonamides is 1. The molecule has 0 bridgehead atoms. The molecule has 0 spiro atoms. The minimum Gasteiger partial charge on any atom is -0.336 e. The van der Waals surface area contributed by atoms with Gasteiger partial charge < -0.3 is 9.84 Å². The lowest BCUT2D eigenvalue weighted by Crippen LogP contribution is -2.51. The third-order valence-electron chi connectivity index (χ3n) is 4.09. The summed E-state index contributed by atoms with van der Waals surface area (Å²) in [6, 6.07) is 1.59. The zero-order valence-electron chi connectivity index (χ0n) is 13.1. The number of aromatic nitrogens is 2. The monoisotopic (exact) mass is 360 g/mol. The molecule has 3 rings (SSSR count). The summed E-state index contributed by atoms with van der Waals surface area (Å²) < 4.78 is 33.0. The number of halogens is 1. The molecule has 1 saturated heterocycles. The Kier molecular flexibility index (Phi) is 5.61. The van der Waals surface area contributed by atoms with E-state index in [-0.39, 0.29) is 29.4 Å². The van der Waals surface area contributed by atoms with Crippen LogP contribution in [-0.4, -0.2) is 37.2 Å². The molecule has 0 saturated carbocycles. The lowest BCUT2D eigenvalue weighted by atomic mass is 10.0. The van der Waals surface area contributed by atoms with Crippen molar-refractivity contribution in [2.24, 2.45) is 0 Å². The van der Waals surface area contributed by atoms with Crippen LogP contribution in [0, 0.1) is 0 Å². The Balaban J connectivity index is 0.00000192. The van der Waals surface area contributed by atoms with Crippen molar-refractivity contribution in [1.29, 1.82) is 0 Å². The van der Waals surface area contributed by atoms with E-state index in [1.807, 2.05) is 13.8 Å². The van der Waals surface area contributed by atoms with E-state index in [9.17, 15) is 8.42 Å². The number of rotatable bonds is 4. The maximum Gasteiger partial charge on any atom is 0.258 e. The molecule has 1 aliphatic heterocycles. The van der Waals surface area contributed by atoms with E-state index in [4.69, 9.17) is 4.52 Å². The van der Waals surface area contributed by atoms with Crippen molar-refractivity contribution in [1.82, 2.24) is 20.2 Å². The molecule has 23 heavy (non-hydrogen) atoms. The summed E-state index contributed by atoms with van der Waals surface area (Å²) in [5.41, 5.74) is 1.08. The molecule has 7 nitrogen and oxygen atoms in total. The smallest absolute Gasteiger partial charge is 0.258 e. The Labute approximate surface area is 141 Å². The van der Waals surface area contributed by atoms with Crippen LogP contribution in [0.25, 0.3) is 11.1 Å². The van der Waals surface area contributed by atoms with Crippen LogP contribution in [0.3, 0.4) is 0 Å². The Hall–Kier alpha value is -1.22. The Morgan fingerprint density at radius 3 is 2.96 bits per heavy atom. The van der Waals surface area contributed by atoms with Crippen LogP contribution in [0.5, 0.6) is 0 Å². The van der Waals surface area contributed by atoms with Crippen molar-refractivity contribution in [3.05, 3.63) is 18.0 Å². The van der Waals surface area contributed by atoms with Crippen LogP contribution in [0.2, 0.25) is 0 Å². The molecular weight excluding hydrogens is 340 g/mol. The Morgan fingerprint density at radius 1 is 1.48 bits per heavy atom. The van der Waals surface area contributed by atoms with Crippen LogP contribution in [0.15, 0.2) is 21.7 Å². The number of aryl methyl sites for hydroxylation is 1. The SMILES string of the molecule is CCc1noc2ncc(S(=O)(=O)NC3CCCNC3C)cc12.Cl. The van der Waals surface area contributed by atoms with Crippen molar-refractivity contribution in [3.8, 4) is 0 Å². The largest absolute Gasteiger partial charge is 0.336 e. The standard InChI is InChI=1S/C14H20N4O3S.ClH/c1-3-12-11-7-10(8-16-14(11)21-17-12)22(19,20)18-13-5-4-6-15-9(13)2;/h7-9,13,15,18H,3-6H2,1-2H3;1H. The third kappa shape index (κ3) is 3.65. The normalized spacial score (nSPS) is 22.0. The van der Waals surface area contributed by atoms with E-state index >= 15 is 0 Å². The first-order valence-electron chi connectivity index (χ1n) is 7.51. The lowest BCUT2D eigenvalue weighted by Gasteiger charge is -2.30. The van der Waals surface area contributed by atoms with Crippen molar-refractivity contribution in [3.63, 3.8) is 0 Å². The second-order valence-corrected chi connectivity index (χ2v) is 7.33. The molecule has 2 aromatic rings. The van der Waals surface area contributed by atoms with E-state index in [2.05, 4.69) is 20.2 Å². The van der Waals surface area contributed by atoms with Gasteiger partial charge >= 0.3 is 0 Å². The summed E-state index contributed by atoms with van der Waals surface area (Å²) >= 11 is 0. The van der Waals surface area contributed by atoms with E-state index in [1.165, 1.54) is 6.20 Å². The van der Waals surface area contributed by atoms with Gasteiger partial charge in [-0.3, -0.25) is 0 Å². The van der Waals surface area contributed by atoms with Gasteiger partial charge in [-0.05, 0) is 38.8 Å². The van der Waals surface area contributed by atoms with Gasteiger partial charge in [-0.2, -0.15) is 0 Å². The highest BCUT2D eigenvalue weighted by Crippen LogP contribution is 2.21. The van der Waals surface area contributed by atoms with Crippen LogP contribution in [0.1, 0.15) is 32.4 Å². The minimum atomic E-state index is -3.61. The molecule has 2 aromatic heterocycles. The van der Waals surface area contributed by atoms with Gasteiger partial charge in [0.25, 0.3) is 5.71 Å². The molecule has 0 aliphatic carbocycles. The second-order valence-electron chi connectivity index (χ2n) is 5.62. The molecule has 1 fully saturated rings. The van der Waals surface area contributed by atoms with Crippen LogP contribution in [0.4, 0.5) is 0 Å². The minimum absolute atomic E-state index is 0. The van der Waals surface area contributed by atoms with E-state index in [0.29, 0.717) is 23.2 Å². The highest BCUT2D eigenvalue weighted by Gasteiger charge is 2.27. The number of hydrogen-bond acceptors (Lipinski definition) is 6. The van der Waals surface area contributed by atoms with Gasteiger partial charge in [0, 0.05) is 12.1 Å². The number of nitrogens with one attached hydrogen (secondary N) is 2. The zero-order valence-corrected chi connectivity index (χ0v) is 14.7. The van der Waals surface area contributed by atoms with E-state index in [1.54, 1.807) is 6.07 Å². The fourth-order valence-electron chi connectivity index (χ4n) is 2.73. The molecular formula is C14H21ClN4O3S. The second kappa shape index (κ2) is 7.12. The highest BCUT2D eigenvalue weighted by atomic mass is 35.5. The summed E-state index contributed by atoms with van der Waals surface area (Å²) in [4.78, 5) is 4.21. The predicted octanol–water partition coefficient (Wildman–Crippen LogP) is 1.63. The molecule has 0 radical (unpaired) electrons. The lowest BCUT2D eigenvalue weighted by molar-refractivity contribution is 0.349. The van der Waals surface area contributed by atoms with E-state index in [0.717, 1.165) is 19.4 Å². The summed E-state index contributed by atoms with van der Waals surface area (Å²) in [5, 5.41) is 7.84. The third-order valence-corrected chi connectivity index (χ3v) is 5.55. The first-order valence-corrected chi connectivity index (χ1v) is 8.99. The summed E-state index contributed by atoms with van der Waals surface area (Å²) in [7, 11) is -3.61. The summed E-state index contributed by atoms with van der Waals surface area (Å²) in [5.74, 6) is 0. The average Bonchev–Trinajstić information content (AvgIpc) is 2.91. The first-order chi connectivity index (χ1) is 10.5. The Bertz CT molecular complexity index is 777. The molecule has 0 aromatic carbocycles. The van der Waals surface area contributed by atoms with Crippen molar-refractivity contribution in [2.45, 2.75) is 50.1 Å². The van der Waals surface area contributed by atoms with Gasteiger partial charge in [0.1, 0.15) is 4.90 Å². The molecule has 0 amide bonds. The number of nitrogens with zero attached hydrogens (tertiary/aromatic N) is 2. The highest BCUT2D eigenvalue weighted by molar-refractivity contribution is 7.89. The predicted molar refractivity (Wildman–Crippen MR) is 89.2 cm³/mol. The van der Waals surface area contributed by atoms with Gasteiger partial charge in [0.2, 0.25) is 10.0 Å². The van der Waals surface area contributed by atoms with Gasteiger partial charge in [-0.1, -0.05) is 12.1 Å². The van der Waals surface area contributed by atoms with Crippen LogP contribution in [-0.2, 0) is 16.4 Å². The number of hydrogen-bond donors (Lipinski definition) is 2. The van der Waals surface area contributed by atoms with Crippen molar-refractivity contribution >= 4 is 33.5 Å². The van der Waals surface area contributed by atoms with Gasteiger partial charge in [-0.15, -0.1) is 12.4 Å². The quantitative estimate of drug-likeness (QED) is 0.860. The molecule has 9 heteroatoms. The van der Waals surface area contributed by atoms with Gasteiger partial charge in [-0.25, -0.2) is 18.1 Å². The zero-order chi connectivity index (χ0) is 15.7. The fraction of sp³-hybridized carbons (Fsp3) is 0.571. The summed E-state index contributed by atoms with van der Waals surface area (Å²) in [6.07, 6.45) is 3.77. The molecule has 3 heterocycles. The number of fused-ring (bicyclic) bond motifs is 1. The molecule has 1 aliphatic rings. The van der Waals surface area contributed by atoms with Crippen molar-refractivity contribution < 1.29 is 12.9 Å². The van der Waals surface area contributed by atoms with Gasteiger partial charge in [0.05, 0.1) is 17.3 Å². The average molecular weight is 361 g/mol. The van der Waals surface area contributed by atoms with Crippen molar-refractivity contribution in [2.75, 3.05) is 6.54 Å². The molecule has 2 unspecified atom stereocenters. The maximum absolute atomic E-state index is 12.6. The maximum atomic E-state index is 12.6. The van der Waals surface area contributed by atoms with Gasteiger partial charge in [0.15, 0.2) is 0 Å². The number of piperidine rings is 1. The van der Waals surface area contributed by atoms with Crippen LogP contribution < -0.4 is 10.0 Å². The Morgan fingerprint density at radius 2 is 2.26 bits per heavy atom. The topological polar surface area (TPSA) is 97.1 Å². The molecule has 2 atom stereocenters. The van der Waals surface area contributed by atoms with E-state index < -0.39 is 10.0 Å².